The van der Waals surface area contributed by atoms with Crippen LogP contribution in [-0.2, 0) is 10.8 Å². The van der Waals surface area contributed by atoms with Crippen molar-refractivity contribution in [3.8, 4) is 77.9 Å². The number of hydrogen-bond acceptors (Lipinski definition) is 5. The van der Waals surface area contributed by atoms with Crippen molar-refractivity contribution in [2.24, 2.45) is 0 Å². The van der Waals surface area contributed by atoms with Crippen LogP contribution >= 0.6 is 0 Å². The second kappa shape index (κ2) is 35.5. The van der Waals surface area contributed by atoms with Crippen LogP contribution in [0.1, 0.15) is 252 Å². The van der Waals surface area contributed by atoms with E-state index in [0.717, 1.165) is 116 Å². The minimum atomic E-state index is -0.242. The Morgan fingerprint density at radius 1 is 0.257 bits per heavy atom. The van der Waals surface area contributed by atoms with Crippen molar-refractivity contribution in [1.29, 1.82) is 0 Å². The third kappa shape index (κ3) is 16.3. The number of aromatic nitrogens is 4. The zero-order valence-electron chi connectivity index (χ0n) is 65.2. The van der Waals surface area contributed by atoms with Gasteiger partial charge >= 0.3 is 0 Å². The molecular weight excluding hydrogens is 1320 g/mol. The highest BCUT2D eigenvalue weighted by Gasteiger charge is 2.45. The van der Waals surface area contributed by atoms with Crippen LogP contribution in [0.2, 0.25) is 0 Å². The van der Waals surface area contributed by atoms with Gasteiger partial charge in [0.25, 0.3) is 0 Å². The number of benzene rings is 10. The molecule has 15 rings (SSSR count). The summed E-state index contributed by atoms with van der Waals surface area (Å²) >= 11 is 0. The molecule has 0 atom stereocenters. The van der Waals surface area contributed by atoms with Gasteiger partial charge in [-0.3, -0.25) is 0 Å². The lowest BCUT2D eigenvalue weighted by atomic mass is 9.69. The van der Waals surface area contributed by atoms with Gasteiger partial charge in [0.15, 0.2) is 0 Å². The molecule has 10 aromatic carbocycles. The van der Waals surface area contributed by atoms with E-state index in [0.29, 0.717) is 0 Å². The van der Waals surface area contributed by atoms with Gasteiger partial charge in [-0.1, -0.05) is 364 Å². The standard InChI is InChI=1S/C104H110N4O/c1-5-9-13-17-21-35-65-103(66-36-22-18-14-10-6-2)95-71-79(75-39-27-25-28-40-75)51-59-89(95)91-61-53-83(73-97(91)103)93-69-81(50-58-86-56-48-78-44-32-34-46-100(78)106-86)94(70-80(93)49-57-85-55-47-77-43-31-33-45-99(77)105-85)84-54-62-92-90-60-52-82(88-64-63-87(76-41-29-26-30-42-76)101-102(88)108-109-107-101)72-96(90)104(98(92)74-84,67-37-23-19-15-11-7-3)68-38-24-20-16-12-8-4/h25-34,39-64,69-74H,5-24,35-38,65-68H2,1-4H3/b57-49+,58-50+. The summed E-state index contributed by atoms with van der Waals surface area (Å²) in [6.07, 6.45) is 43.8. The van der Waals surface area contributed by atoms with Crippen LogP contribution in [0.4, 0.5) is 0 Å². The first-order chi connectivity index (χ1) is 53.9. The fourth-order valence-electron chi connectivity index (χ4n) is 18.5. The van der Waals surface area contributed by atoms with Crippen molar-refractivity contribution < 1.29 is 4.63 Å². The fraction of sp³-hybridized carbons (Fsp3) is 0.327. The third-order valence-corrected chi connectivity index (χ3v) is 24.4. The first-order valence-electron chi connectivity index (χ1n) is 42.1. The molecule has 0 fully saturated rings. The number of unbranched alkanes of at least 4 members (excludes halogenated alkanes) is 20. The molecule has 0 aliphatic heterocycles. The van der Waals surface area contributed by atoms with Gasteiger partial charge in [0.05, 0.1) is 22.4 Å². The maximum Gasteiger partial charge on any atom is 0.143 e. The van der Waals surface area contributed by atoms with Gasteiger partial charge in [0, 0.05) is 32.7 Å². The molecule has 0 amide bonds. The zero-order valence-corrected chi connectivity index (χ0v) is 65.2. The summed E-state index contributed by atoms with van der Waals surface area (Å²) in [5, 5.41) is 11.5. The second-order valence-electron chi connectivity index (χ2n) is 31.7. The summed E-state index contributed by atoms with van der Waals surface area (Å²) in [6.45, 7) is 9.34. The Bertz CT molecular complexity index is 5270. The highest BCUT2D eigenvalue weighted by atomic mass is 16.6. The summed E-state index contributed by atoms with van der Waals surface area (Å²) in [5.74, 6) is 0. The highest BCUT2D eigenvalue weighted by Crippen LogP contribution is 2.59. The second-order valence-corrected chi connectivity index (χ2v) is 31.7. The van der Waals surface area contributed by atoms with Crippen LogP contribution in [-0.4, -0.2) is 20.3 Å². The molecule has 3 aromatic heterocycles. The molecule has 0 radical (unpaired) electrons. The maximum atomic E-state index is 5.67. The molecule has 5 nitrogen and oxygen atoms in total. The molecule has 5 heteroatoms. The highest BCUT2D eigenvalue weighted by molar-refractivity contribution is 6.01. The number of fused-ring (bicyclic) bond motifs is 9. The molecule has 2 aliphatic carbocycles. The molecule has 0 N–H and O–H groups in total. The summed E-state index contributed by atoms with van der Waals surface area (Å²) in [6, 6.07) is 87.1. The van der Waals surface area contributed by atoms with Crippen LogP contribution in [0.5, 0.6) is 0 Å². The summed E-state index contributed by atoms with van der Waals surface area (Å²) in [7, 11) is 0. The molecular formula is C104H110N4O. The number of pyridine rings is 2. The lowest BCUT2D eigenvalue weighted by Crippen LogP contribution is -2.25. The molecule has 3 heterocycles. The van der Waals surface area contributed by atoms with Crippen molar-refractivity contribution in [3.63, 3.8) is 0 Å². The van der Waals surface area contributed by atoms with Crippen LogP contribution in [0.15, 0.2) is 235 Å². The van der Waals surface area contributed by atoms with Gasteiger partial charge in [-0.05, 0) is 209 Å². The largest absolute Gasteiger partial charge is 0.248 e. The molecule has 552 valence electrons. The third-order valence-electron chi connectivity index (χ3n) is 24.4. The summed E-state index contributed by atoms with van der Waals surface area (Å²) in [5.41, 5.74) is 30.6. The van der Waals surface area contributed by atoms with Gasteiger partial charge in [0.2, 0.25) is 0 Å². The van der Waals surface area contributed by atoms with E-state index in [2.05, 4.69) is 293 Å². The molecule has 0 spiro atoms. The van der Waals surface area contributed by atoms with Gasteiger partial charge in [-0.25, -0.2) is 14.6 Å². The van der Waals surface area contributed by atoms with Gasteiger partial charge in [0.1, 0.15) is 11.0 Å². The quantitative estimate of drug-likeness (QED) is 0.0363. The van der Waals surface area contributed by atoms with Crippen LogP contribution in [0, 0.1) is 0 Å². The minimum absolute atomic E-state index is 0.150. The maximum absolute atomic E-state index is 5.67. The van der Waals surface area contributed by atoms with Crippen LogP contribution in [0.25, 0.3) is 135 Å². The van der Waals surface area contributed by atoms with E-state index < -0.39 is 0 Å². The van der Waals surface area contributed by atoms with Crippen molar-refractivity contribution in [3.05, 3.63) is 275 Å². The number of para-hydroxylation sites is 2. The Hall–Kier alpha value is -10.1. The topological polar surface area (TPSA) is 64.7 Å². The van der Waals surface area contributed by atoms with Crippen LogP contribution < -0.4 is 0 Å². The summed E-state index contributed by atoms with van der Waals surface area (Å²) < 4.78 is 5.67. The smallest absolute Gasteiger partial charge is 0.143 e. The first kappa shape index (κ1) is 74.4. The molecule has 0 bridgehead atoms. The Balaban J connectivity index is 0.926. The number of rotatable bonds is 37. The first-order valence-corrected chi connectivity index (χ1v) is 42.1. The van der Waals surface area contributed by atoms with Crippen LogP contribution in [0.3, 0.4) is 0 Å². The number of nitrogens with zero attached hydrogens (tertiary/aromatic N) is 4. The Morgan fingerprint density at radius 2 is 0.578 bits per heavy atom. The van der Waals surface area contributed by atoms with Gasteiger partial charge in [-0.15, -0.1) is 0 Å². The monoisotopic (exact) mass is 1430 g/mol. The molecule has 0 saturated carbocycles. The van der Waals surface area contributed by atoms with E-state index in [-0.39, 0.29) is 10.8 Å². The Morgan fingerprint density at radius 3 is 0.982 bits per heavy atom. The van der Waals surface area contributed by atoms with E-state index >= 15 is 0 Å². The Labute approximate surface area is 649 Å². The van der Waals surface area contributed by atoms with E-state index in [1.165, 1.54) is 219 Å². The predicted molar refractivity (Wildman–Crippen MR) is 465 cm³/mol. The van der Waals surface area contributed by atoms with E-state index in [9.17, 15) is 0 Å². The fourth-order valence-corrected chi connectivity index (χ4v) is 18.5. The predicted octanol–water partition coefficient (Wildman–Crippen LogP) is 30.5. The molecule has 109 heavy (non-hydrogen) atoms. The van der Waals surface area contributed by atoms with Crippen molar-refractivity contribution in [1.82, 2.24) is 20.3 Å². The zero-order chi connectivity index (χ0) is 74.2. The normalized spacial score (nSPS) is 13.3. The molecule has 0 unspecified atom stereocenters. The molecule has 2 aliphatic rings. The average Bonchev–Trinajstić information content (AvgIpc) is 1.56. The van der Waals surface area contributed by atoms with E-state index in [1.807, 2.05) is 0 Å². The van der Waals surface area contributed by atoms with E-state index in [1.54, 1.807) is 0 Å². The number of hydrogen-bond donors (Lipinski definition) is 0. The molecule has 13 aromatic rings. The SMILES string of the molecule is CCCCCCCCC1(CCCCCCCC)c2cc(-c3ccccc3)ccc2-c2ccc(-c3cc(/C=C/c4ccc5ccccc5n4)c(-c4ccc5c(c4)C(CCCCCCCC)(CCCCCCCC)c4cc(-c6ccc(-c7ccccc7)c7nonc67)ccc4-5)cc3/C=C/c3ccc4ccccc4n3)cc21. The van der Waals surface area contributed by atoms with Crippen molar-refractivity contribution in [2.75, 3.05) is 0 Å². The van der Waals surface area contributed by atoms with Crippen molar-refractivity contribution in [2.45, 2.75) is 218 Å². The average molecular weight is 1430 g/mol. The Kier molecular flexibility index (Phi) is 24.2. The van der Waals surface area contributed by atoms with Gasteiger partial charge in [-0.2, -0.15) is 0 Å². The minimum Gasteiger partial charge on any atom is -0.248 e. The van der Waals surface area contributed by atoms with E-state index in [4.69, 9.17) is 14.6 Å². The molecule has 0 saturated heterocycles. The lowest BCUT2D eigenvalue weighted by Gasteiger charge is -2.34. The van der Waals surface area contributed by atoms with Crippen molar-refractivity contribution >= 4 is 57.1 Å². The van der Waals surface area contributed by atoms with Gasteiger partial charge < -0.3 is 0 Å². The lowest BCUT2D eigenvalue weighted by molar-refractivity contribution is 0.315. The summed E-state index contributed by atoms with van der Waals surface area (Å²) in [4.78, 5) is 10.6.